The lowest BCUT2D eigenvalue weighted by Crippen LogP contribution is -2.16. The topological polar surface area (TPSA) is 0 Å². The third kappa shape index (κ3) is 2.50. The zero-order valence-corrected chi connectivity index (χ0v) is 10.8. The van der Waals surface area contributed by atoms with E-state index in [0.717, 1.165) is 9.84 Å². The summed E-state index contributed by atoms with van der Waals surface area (Å²) in [6.07, 6.45) is 5.38. The number of benzene rings is 1. The number of alkyl halides is 1. The van der Waals surface area contributed by atoms with Crippen molar-refractivity contribution in [3.63, 3.8) is 0 Å². The van der Waals surface area contributed by atoms with Crippen LogP contribution in [0.2, 0.25) is 0 Å². The van der Waals surface area contributed by atoms with Crippen molar-refractivity contribution in [1.29, 1.82) is 0 Å². The second-order valence-corrected chi connectivity index (χ2v) is 6.52. The molecule has 2 atom stereocenters. The largest absolute Gasteiger partial charge is 0.0829 e. The molecule has 1 aromatic rings. The first-order valence-electron chi connectivity index (χ1n) is 5.46. The Kier molecular flexibility index (Phi) is 3.47. The Morgan fingerprint density at radius 1 is 1.36 bits per heavy atom. The molecule has 1 aromatic carbocycles. The van der Waals surface area contributed by atoms with E-state index in [2.05, 4.69) is 53.8 Å². The van der Waals surface area contributed by atoms with Crippen LogP contribution in [0.3, 0.4) is 0 Å². The predicted octanol–water partition coefficient (Wildman–Crippen LogP) is 4.01. The summed E-state index contributed by atoms with van der Waals surface area (Å²) >= 11 is 2.54. The standard InChI is InChI=1S/C13H17I/c1-10(14)8-11-6-7-12-4-2-3-5-13(12)9-11/h2-5,10-11H,6-9H2,1H3. The summed E-state index contributed by atoms with van der Waals surface area (Å²) in [5, 5.41) is 0. The van der Waals surface area contributed by atoms with Gasteiger partial charge in [0.05, 0.1) is 0 Å². The van der Waals surface area contributed by atoms with Crippen LogP contribution in [0.4, 0.5) is 0 Å². The van der Waals surface area contributed by atoms with Crippen molar-refractivity contribution in [2.75, 3.05) is 0 Å². The maximum absolute atomic E-state index is 2.54. The van der Waals surface area contributed by atoms with Crippen LogP contribution in [0.25, 0.3) is 0 Å². The van der Waals surface area contributed by atoms with E-state index in [9.17, 15) is 0 Å². The van der Waals surface area contributed by atoms with Crippen LogP contribution in [-0.2, 0) is 12.8 Å². The molecule has 0 amide bonds. The van der Waals surface area contributed by atoms with Crippen molar-refractivity contribution < 1.29 is 0 Å². The van der Waals surface area contributed by atoms with Gasteiger partial charge in [0, 0.05) is 3.92 Å². The summed E-state index contributed by atoms with van der Waals surface area (Å²) in [5.41, 5.74) is 3.19. The van der Waals surface area contributed by atoms with Gasteiger partial charge in [-0.3, -0.25) is 0 Å². The first-order chi connectivity index (χ1) is 6.75. The first kappa shape index (κ1) is 10.5. The zero-order valence-electron chi connectivity index (χ0n) is 8.67. The van der Waals surface area contributed by atoms with Gasteiger partial charge in [0.25, 0.3) is 0 Å². The molecule has 0 aromatic heterocycles. The van der Waals surface area contributed by atoms with Crippen LogP contribution < -0.4 is 0 Å². The summed E-state index contributed by atoms with van der Waals surface area (Å²) in [5.74, 6) is 0.928. The van der Waals surface area contributed by atoms with Crippen molar-refractivity contribution in [2.45, 2.75) is 36.5 Å². The molecule has 76 valence electrons. The molecule has 0 fully saturated rings. The number of hydrogen-bond donors (Lipinski definition) is 0. The number of halogens is 1. The van der Waals surface area contributed by atoms with Gasteiger partial charge < -0.3 is 0 Å². The lowest BCUT2D eigenvalue weighted by atomic mass is 9.82. The summed E-state index contributed by atoms with van der Waals surface area (Å²) in [6, 6.07) is 8.94. The molecule has 1 heteroatoms. The highest BCUT2D eigenvalue weighted by molar-refractivity contribution is 14.1. The van der Waals surface area contributed by atoms with Gasteiger partial charge in [0.1, 0.15) is 0 Å². The molecule has 0 nitrogen and oxygen atoms in total. The molecule has 0 saturated carbocycles. The van der Waals surface area contributed by atoms with E-state index in [1.54, 1.807) is 11.1 Å². The molecular weight excluding hydrogens is 283 g/mol. The smallest absolute Gasteiger partial charge is 0.00840 e. The molecule has 0 N–H and O–H groups in total. The predicted molar refractivity (Wildman–Crippen MR) is 70.1 cm³/mol. The van der Waals surface area contributed by atoms with Crippen molar-refractivity contribution in [1.82, 2.24) is 0 Å². The maximum Gasteiger partial charge on any atom is 0.00840 e. The van der Waals surface area contributed by atoms with Crippen molar-refractivity contribution >= 4 is 22.6 Å². The minimum atomic E-state index is 0.822. The molecule has 0 radical (unpaired) electrons. The number of hydrogen-bond acceptors (Lipinski definition) is 0. The fraction of sp³-hybridized carbons (Fsp3) is 0.538. The Balaban J connectivity index is 2.06. The molecule has 0 aliphatic heterocycles. The lowest BCUT2D eigenvalue weighted by molar-refractivity contribution is 0.431. The van der Waals surface area contributed by atoms with E-state index in [0.29, 0.717) is 0 Å². The summed E-state index contributed by atoms with van der Waals surface area (Å²) in [6.45, 7) is 2.32. The van der Waals surface area contributed by atoms with Gasteiger partial charge >= 0.3 is 0 Å². The molecule has 0 spiro atoms. The second-order valence-electron chi connectivity index (χ2n) is 4.39. The Labute approximate surface area is 100 Å². The van der Waals surface area contributed by atoms with Crippen LogP contribution in [-0.4, -0.2) is 3.92 Å². The molecule has 0 bridgehead atoms. The molecule has 14 heavy (non-hydrogen) atoms. The van der Waals surface area contributed by atoms with E-state index in [1.165, 1.54) is 25.7 Å². The third-order valence-electron chi connectivity index (χ3n) is 3.11. The Bertz CT molecular complexity index is 304. The SMILES string of the molecule is CC(I)CC1CCc2ccccc2C1. The minimum absolute atomic E-state index is 0.822. The fourth-order valence-electron chi connectivity index (χ4n) is 2.43. The fourth-order valence-corrected chi connectivity index (χ4v) is 3.15. The van der Waals surface area contributed by atoms with Crippen LogP contribution >= 0.6 is 22.6 Å². The molecule has 1 aliphatic rings. The molecular formula is C13H17I. The van der Waals surface area contributed by atoms with E-state index in [1.807, 2.05) is 0 Å². The number of fused-ring (bicyclic) bond motifs is 1. The van der Waals surface area contributed by atoms with Crippen LogP contribution in [0.5, 0.6) is 0 Å². The lowest BCUT2D eigenvalue weighted by Gasteiger charge is -2.25. The molecule has 0 saturated heterocycles. The summed E-state index contributed by atoms with van der Waals surface area (Å²) in [7, 11) is 0. The number of rotatable bonds is 2. The summed E-state index contributed by atoms with van der Waals surface area (Å²) in [4.78, 5) is 0. The van der Waals surface area contributed by atoms with Crippen molar-refractivity contribution in [3.8, 4) is 0 Å². The van der Waals surface area contributed by atoms with Crippen LogP contribution in [0, 0.1) is 5.92 Å². The molecule has 1 aliphatic carbocycles. The van der Waals surface area contributed by atoms with Gasteiger partial charge in [-0.1, -0.05) is 53.8 Å². The third-order valence-corrected chi connectivity index (χ3v) is 3.62. The highest BCUT2D eigenvalue weighted by Crippen LogP contribution is 2.29. The average molecular weight is 300 g/mol. The Morgan fingerprint density at radius 2 is 2.07 bits per heavy atom. The summed E-state index contributed by atoms with van der Waals surface area (Å²) < 4.78 is 0.822. The monoisotopic (exact) mass is 300 g/mol. The van der Waals surface area contributed by atoms with E-state index in [4.69, 9.17) is 0 Å². The highest BCUT2D eigenvalue weighted by Gasteiger charge is 2.18. The van der Waals surface area contributed by atoms with Gasteiger partial charge in [0.2, 0.25) is 0 Å². The average Bonchev–Trinajstić information content (AvgIpc) is 2.17. The minimum Gasteiger partial charge on any atom is -0.0829 e. The Hall–Kier alpha value is -0.0500. The zero-order chi connectivity index (χ0) is 9.97. The van der Waals surface area contributed by atoms with Crippen LogP contribution in [0.1, 0.15) is 30.9 Å². The van der Waals surface area contributed by atoms with Gasteiger partial charge in [-0.15, -0.1) is 0 Å². The molecule has 2 unspecified atom stereocenters. The molecule has 2 rings (SSSR count). The normalized spacial score (nSPS) is 22.9. The van der Waals surface area contributed by atoms with E-state index >= 15 is 0 Å². The maximum atomic E-state index is 2.54. The van der Waals surface area contributed by atoms with Gasteiger partial charge in [-0.25, -0.2) is 0 Å². The molecule has 0 heterocycles. The van der Waals surface area contributed by atoms with Gasteiger partial charge in [-0.2, -0.15) is 0 Å². The number of aryl methyl sites for hydroxylation is 1. The van der Waals surface area contributed by atoms with Crippen molar-refractivity contribution in [3.05, 3.63) is 35.4 Å². The Morgan fingerprint density at radius 3 is 2.79 bits per heavy atom. The van der Waals surface area contributed by atoms with E-state index < -0.39 is 0 Å². The van der Waals surface area contributed by atoms with E-state index in [-0.39, 0.29) is 0 Å². The quantitative estimate of drug-likeness (QED) is 0.572. The van der Waals surface area contributed by atoms with Crippen LogP contribution in [0.15, 0.2) is 24.3 Å². The first-order valence-corrected chi connectivity index (χ1v) is 6.71. The highest BCUT2D eigenvalue weighted by atomic mass is 127. The van der Waals surface area contributed by atoms with Crippen molar-refractivity contribution in [2.24, 2.45) is 5.92 Å². The second kappa shape index (κ2) is 4.65. The van der Waals surface area contributed by atoms with Gasteiger partial charge in [0.15, 0.2) is 0 Å². The van der Waals surface area contributed by atoms with Gasteiger partial charge in [-0.05, 0) is 42.7 Å².